The lowest BCUT2D eigenvalue weighted by molar-refractivity contribution is 0.415. The Morgan fingerprint density at radius 2 is 1.90 bits per heavy atom. The summed E-state index contributed by atoms with van der Waals surface area (Å²) in [6, 6.07) is 14.8. The maximum Gasteiger partial charge on any atom is 0.137 e. The third-order valence-corrected chi connectivity index (χ3v) is 3.83. The molecular weight excluding hydrogens is 270 g/mol. The van der Waals surface area contributed by atoms with E-state index in [9.17, 15) is 0 Å². The van der Waals surface area contributed by atoms with Crippen LogP contribution < -0.4 is 10.1 Å². The van der Waals surface area contributed by atoms with Crippen molar-refractivity contribution < 1.29 is 4.74 Å². The summed E-state index contributed by atoms with van der Waals surface area (Å²) in [7, 11) is 3.62. The molecule has 0 aliphatic rings. The van der Waals surface area contributed by atoms with Crippen molar-refractivity contribution in [3.8, 4) is 16.9 Å². The van der Waals surface area contributed by atoms with Gasteiger partial charge in [0.25, 0.3) is 0 Å². The van der Waals surface area contributed by atoms with Crippen LogP contribution in [-0.2, 0) is 0 Å². The molecule has 1 N–H and O–H groups in total. The predicted octanol–water partition coefficient (Wildman–Crippen LogP) is 4.69. The van der Waals surface area contributed by atoms with E-state index in [2.05, 4.69) is 36.5 Å². The number of halogens is 1. The number of methoxy groups -OCH3 is 1. The van der Waals surface area contributed by atoms with Gasteiger partial charge < -0.3 is 10.1 Å². The van der Waals surface area contributed by atoms with Crippen LogP contribution in [0.15, 0.2) is 42.5 Å². The standard InChI is InChI=1S/C17H20ClNO/c1-4-16(19-2)14-7-5-6-12(10-14)13-8-9-17(20-3)15(18)11-13/h5-11,16,19H,4H2,1-3H3. The normalized spacial score (nSPS) is 12.2. The SMILES string of the molecule is CCC(NC)c1cccc(-c2ccc(OC)c(Cl)c2)c1. The molecule has 0 fully saturated rings. The minimum Gasteiger partial charge on any atom is -0.495 e. The molecule has 0 saturated carbocycles. The molecule has 2 aromatic rings. The molecule has 0 amide bonds. The van der Waals surface area contributed by atoms with Crippen molar-refractivity contribution in [2.24, 2.45) is 0 Å². The van der Waals surface area contributed by atoms with Crippen molar-refractivity contribution in [3.05, 3.63) is 53.1 Å². The highest BCUT2D eigenvalue weighted by atomic mass is 35.5. The first-order chi connectivity index (χ1) is 9.69. The van der Waals surface area contributed by atoms with Crippen molar-refractivity contribution >= 4 is 11.6 Å². The summed E-state index contributed by atoms with van der Waals surface area (Å²) in [4.78, 5) is 0. The first kappa shape index (κ1) is 14.9. The molecule has 2 rings (SSSR count). The maximum absolute atomic E-state index is 6.20. The third-order valence-electron chi connectivity index (χ3n) is 3.53. The molecule has 0 aliphatic heterocycles. The van der Waals surface area contributed by atoms with E-state index in [1.807, 2.05) is 25.2 Å². The second kappa shape index (κ2) is 6.78. The average molecular weight is 290 g/mol. The van der Waals surface area contributed by atoms with Gasteiger partial charge in [-0.3, -0.25) is 0 Å². The quantitative estimate of drug-likeness (QED) is 0.862. The second-order valence-electron chi connectivity index (χ2n) is 4.72. The second-order valence-corrected chi connectivity index (χ2v) is 5.13. The molecule has 0 heterocycles. The van der Waals surface area contributed by atoms with Gasteiger partial charge in [-0.1, -0.05) is 42.8 Å². The number of rotatable bonds is 5. The fraction of sp³-hybridized carbons (Fsp3) is 0.294. The Morgan fingerprint density at radius 1 is 1.15 bits per heavy atom. The van der Waals surface area contributed by atoms with E-state index in [1.54, 1.807) is 7.11 Å². The summed E-state index contributed by atoms with van der Waals surface area (Å²) >= 11 is 6.20. The van der Waals surface area contributed by atoms with Gasteiger partial charge in [0.15, 0.2) is 0 Å². The molecule has 20 heavy (non-hydrogen) atoms. The summed E-state index contributed by atoms with van der Waals surface area (Å²) in [6.07, 6.45) is 1.06. The predicted molar refractivity (Wildman–Crippen MR) is 85.5 cm³/mol. The molecule has 3 heteroatoms. The van der Waals surface area contributed by atoms with Gasteiger partial charge in [-0.25, -0.2) is 0 Å². The minimum atomic E-state index is 0.378. The minimum absolute atomic E-state index is 0.378. The van der Waals surface area contributed by atoms with E-state index in [-0.39, 0.29) is 0 Å². The van der Waals surface area contributed by atoms with E-state index in [0.29, 0.717) is 16.8 Å². The molecule has 2 aromatic carbocycles. The van der Waals surface area contributed by atoms with Crippen LogP contribution in [0.2, 0.25) is 5.02 Å². The monoisotopic (exact) mass is 289 g/mol. The summed E-state index contributed by atoms with van der Waals surface area (Å²) < 4.78 is 5.19. The van der Waals surface area contributed by atoms with E-state index in [4.69, 9.17) is 16.3 Å². The molecule has 0 aliphatic carbocycles. The highest BCUT2D eigenvalue weighted by Gasteiger charge is 2.09. The Bertz CT molecular complexity index is 579. The van der Waals surface area contributed by atoms with E-state index >= 15 is 0 Å². The Morgan fingerprint density at radius 3 is 2.50 bits per heavy atom. The maximum atomic E-state index is 6.20. The molecule has 1 atom stereocenters. The number of hydrogen-bond acceptors (Lipinski definition) is 2. The van der Waals surface area contributed by atoms with Gasteiger partial charge in [-0.15, -0.1) is 0 Å². The van der Waals surface area contributed by atoms with Gasteiger partial charge >= 0.3 is 0 Å². The van der Waals surface area contributed by atoms with Gasteiger partial charge in [-0.05, 0) is 48.4 Å². The van der Waals surface area contributed by atoms with Crippen LogP contribution in [0.25, 0.3) is 11.1 Å². The van der Waals surface area contributed by atoms with Crippen molar-refractivity contribution in [2.45, 2.75) is 19.4 Å². The van der Waals surface area contributed by atoms with Gasteiger partial charge in [0.05, 0.1) is 12.1 Å². The van der Waals surface area contributed by atoms with Crippen molar-refractivity contribution in [1.82, 2.24) is 5.32 Å². The van der Waals surface area contributed by atoms with Crippen LogP contribution in [-0.4, -0.2) is 14.2 Å². The van der Waals surface area contributed by atoms with Crippen LogP contribution >= 0.6 is 11.6 Å². The molecule has 1 unspecified atom stereocenters. The van der Waals surface area contributed by atoms with Gasteiger partial charge in [0.1, 0.15) is 5.75 Å². The van der Waals surface area contributed by atoms with Crippen molar-refractivity contribution in [3.63, 3.8) is 0 Å². The van der Waals surface area contributed by atoms with Crippen LogP contribution in [0.5, 0.6) is 5.75 Å². The summed E-state index contributed by atoms with van der Waals surface area (Å²) in [5, 5.41) is 3.97. The summed E-state index contributed by atoms with van der Waals surface area (Å²) in [5.41, 5.74) is 3.56. The molecule has 106 valence electrons. The molecular formula is C17H20ClNO. The molecule has 2 nitrogen and oxygen atoms in total. The third kappa shape index (κ3) is 3.14. The molecule has 0 aromatic heterocycles. The van der Waals surface area contributed by atoms with Gasteiger partial charge in [-0.2, -0.15) is 0 Å². The zero-order valence-corrected chi connectivity index (χ0v) is 12.9. The Balaban J connectivity index is 2.38. The van der Waals surface area contributed by atoms with Crippen LogP contribution in [0, 0.1) is 0 Å². The highest BCUT2D eigenvalue weighted by Crippen LogP contribution is 2.31. The van der Waals surface area contributed by atoms with Crippen molar-refractivity contribution in [2.75, 3.05) is 14.2 Å². The molecule has 0 bridgehead atoms. The first-order valence-corrected chi connectivity index (χ1v) is 7.18. The summed E-state index contributed by atoms with van der Waals surface area (Å²) in [6.45, 7) is 2.18. The van der Waals surface area contributed by atoms with Crippen LogP contribution in [0.3, 0.4) is 0 Å². The van der Waals surface area contributed by atoms with Crippen molar-refractivity contribution in [1.29, 1.82) is 0 Å². The van der Waals surface area contributed by atoms with E-state index in [1.165, 1.54) is 11.1 Å². The lowest BCUT2D eigenvalue weighted by Gasteiger charge is -2.15. The van der Waals surface area contributed by atoms with Gasteiger partial charge in [0.2, 0.25) is 0 Å². The number of benzene rings is 2. The average Bonchev–Trinajstić information content (AvgIpc) is 2.49. The number of nitrogens with one attached hydrogen (secondary N) is 1. The van der Waals surface area contributed by atoms with E-state index in [0.717, 1.165) is 12.0 Å². The Hall–Kier alpha value is -1.51. The number of hydrogen-bond donors (Lipinski definition) is 1. The van der Waals surface area contributed by atoms with Crippen LogP contribution in [0.4, 0.5) is 0 Å². The topological polar surface area (TPSA) is 21.3 Å². The fourth-order valence-corrected chi connectivity index (χ4v) is 2.65. The lowest BCUT2D eigenvalue weighted by Crippen LogP contribution is -2.15. The fourth-order valence-electron chi connectivity index (χ4n) is 2.39. The number of ether oxygens (including phenoxy) is 1. The first-order valence-electron chi connectivity index (χ1n) is 6.80. The highest BCUT2D eigenvalue weighted by molar-refractivity contribution is 6.32. The zero-order valence-electron chi connectivity index (χ0n) is 12.1. The zero-order chi connectivity index (χ0) is 14.5. The molecule has 0 radical (unpaired) electrons. The van der Waals surface area contributed by atoms with Gasteiger partial charge in [0, 0.05) is 6.04 Å². The largest absolute Gasteiger partial charge is 0.495 e. The van der Waals surface area contributed by atoms with Crippen LogP contribution in [0.1, 0.15) is 24.9 Å². The lowest BCUT2D eigenvalue weighted by atomic mass is 9.98. The Labute approximate surface area is 125 Å². The summed E-state index contributed by atoms with van der Waals surface area (Å²) in [5.74, 6) is 0.702. The van der Waals surface area contributed by atoms with E-state index < -0.39 is 0 Å². The Kier molecular flexibility index (Phi) is 5.05. The smallest absolute Gasteiger partial charge is 0.137 e. The molecule has 0 saturated heterocycles. The molecule has 0 spiro atoms.